The highest BCUT2D eigenvalue weighted by atomic mass is 16.5. The van der Waals surface area contributed by atoms with Crippen molar-refractivity contribution in [3.63, 3.8) is 0 Å². The Morgan fingerprint density at radius 1 is 1.21 bits per heavy atom. The summed E-state index contributed by atoms with van der Waals surface area (Å²) in [6.07, 6.45) is 7.14. The topological polar surface area (TPSA) is 34.0 Å². The smallest absolute Gasteiger partial charge is 0.231 e. The predicted molar refractivity (Wildman–Crippen MR) is 95.2 cm³/mol. The molecule has 2 fully saturated rings. The number of quaternary nitrogens is 1. The van der Waals surface area contributed by atoms with Crippen LogP contribution in [0.15, 0.2) is 24.3 Å². The molecule has 24 heavy (non-hydrogen) atoms. The van der Waals surface area contributed by atoms with Gasteiger partial charge in [0.2, 0.25) is 5.91 Å². The Balaban J connectivity index is 1.58. The second-order valence-corrected chi connectivity index (χ2v) is 7.31. The van der Waals surface area contributed by atoms with E-state index >= 15 is 0 Å². The summed E-state index contributed by atoms with van der Waals surface area (Å²) < 4.78 is 5.32. The molecule has 0 spiro atoms. The van der Waals surface area contributed by atoms with Crippen LogP contribution in [0.25, 0.3) is 0 Å². The summed E-state index contributed by atoms with van der Waals surface area (Å²) in [5.74, 6) is 1.55. The predicted octanol–water partition coefficient (Wildman–Crippen LogP) is 1.89. The maximum absolute atomic E-state index is 12.9. The zero-order chi connectivity index (χ0) is 16.8. The summed E-state index contributed by atoms with van der Waals surface area (Å²) >= 11 is 0. The van der Waals surface area contributed by atoms with Crippen LogP contribution in [-0.2, 0) is 11.3 Å². The van der Waals surface area contributed by atoms with Crippen LogP contribution in [0.3, 0.4) is 0 Å². The minimum Gasteiger partial charge on any atom is -0.497 e. The number of likely N-dealkylation sites (tertiary alicyclic amines) is 2. The van der Waals surface area contributed by atoms with Gasteiger partial charge in [0.1, 0.15) is 12.3 Å². The van der Waals surface area contributed by atoms with E-state index in [2.05, 4.69) is 23.1 Å². The molecule has 0 bridgehead atoms. The van der Waals surface area contributed by atoms with Gasteiger partial charge in [0.25, 0.3) is 0 Å². The van der Waals surface area contributed by atoms with Crippen molar-refractivity contribution in [2.75, 3.05) is 33.3 Å². The lowest BCUT2D eigenvalue weighted by Gasteiger charge is -2.32. The number of carbonyl (C=O) groups is 1. The molecule has 2 aliphatic heterocycles. The van der Waals surface area contributed by atoms with Gasteiger partial charge in [0.05, 0.1) is 26.1 Å². The van der Waals surface area contributed by atoms with E-state index in [4.69, 9.17) is 4.74 Å². The van der Waals surface area contributed by atoms with E-state index in [1.54, 1.807) is 7.11 Å². The van der Waals surface area contributed by atoms with E-state index in [0.717, 1.165) is 44.8 Å². The van der Waals surface area contributed by atoms with Gasteiger partial charge in [0, 0.05) is 18.7 Å². The Hall–Kier alpha value is -1.55. The molecule has 2 atom stereocenters. The van der Waals surface area contributed by atoms with Crippen LogP contribution < -0.4 is 9.64 Å². The number of hydrogen-bond donors (Lipinski definition) is 1. The fraction of sp³-hybridized carbons (Fsp3) is 0.650. The number of hydrogen-bond acceptors (Lipinski definition) is 2. The third-order valence-corrected chi connectivity index (χ3v) is 5.47. The molecule has 0 aliphatic carbocycles. The summed E-state index contributed by atoms with van der Waals surface area (Å²) in [4.78, 5) is 16.6. The molecule has 1 amide bonds. The van der Waals surface area contributed by atoms with Crippen LogP contribution in [0.2, 0.25) is 0 Å². The molecular formula is C20H31N2O2+. The van der Waals surface area contributed by atoms with Gasteiger partial charge < -0.3 is 14.5 Å². The summed E-state index contributed by atoms with van der Waals surface area (Å²) in [6, 6.07) is 8.32. The Labute approximate surface area is 145 Å². The first-order valence-electron chi connectivity index (χ1n) is 9.51. The van der Waals surface area contributed by atoms with Gasteiger partial charge in [0.15, 0.2) is 0 Å². The molecule has 2 aliphatic rings. The van der Waals surface area contributed by atoms with Crippen molar-refractivity contribution in [3.05, 3.63) is 29.8 Å². The SMILES string of the molecule is COc1cccc(C[NH+]2CCCC(C(=O)N3CCCCCC3)C2)c1. The molecular weight excluding hydrogens is 300 g/mol. The lowest BCUT2D eigenvalue weighted by atomic mass is 9.96. The summed E-state index contributed by atoms with van der Waals surface area (Å²) in [5.41, 5.74) is 1.30. The number of nitrogens with one attached hydrogen (secondary N) is 1. The highest BCUT2D eigenvalue weighted by molar-refractivity contribution is 5.79. The molecule has 0 radical (unpaired) electrons. The zero-order valence-corrected chi connectivity index (χ0v) is 14.9. The van der Waals surface area contributed by atoms with Crippen molar-refractivity contribution in [2.45, 2.75) is 45.1 Å². The second kappa shape index (κ2) is 8.52. The summed E-state index contributed by atoms with van der Waals surface area (Å²) in [5, 5.41) is 0. The van der Waals surface area contributed by atoms with E-state index in [0.29, 0.717) is 5.91 Å². The monoisotopic (exact) mass is 331 g/mol. The highest BCUT2D eigenvalue weighted by Crippen LogP contribution is 2.17. The first-order chi connectivity index (χ1) is 11.8. The first kappa shape index (κ1) is 17.3. The fourth-order valence-corrected chi connectivity index (χ4v) is 4.14. The van der Waals surface area contributed by atoms with E-state index in [-0.39, 0.29) is 5.92 Å². The number of nitrogens with zero attached hydrogens (tertiary/aromatic N) is 1. The third kappa shape index (κ3) is 4.50. The van der Waals surface area contributed by atoms with Crippen molar-refractivity contribution < 1.29 is 14.4 Å². The molecule has 2 saturated heterocycles. The minimum atomic E-state index is 0.220. The van der Waals surface area contributed by atoms with Crippen molar-refractivity contribution in [1.82, 2.24) is 4.90 Å². The largest absolute Gasteiger partial charge is 0.497 e. The third-order valence-electron chi connectivity index (χ3n) is 5.47. The summed E-state index contributed by atoms with van der Waals surface area (Å²) in [6.45, 7) is 5.08. The normalized spacial score (nSPS) is 25.1. The number of piperidine rings is 1. The molecule has 1 aromatic rings. The van der Waals surface area contributed by atoms with Gasteiger partial charge >= 0.3 is 0 Å². The second-order valence-electron chi connectivity index (χ2n) is 7.31. The van der Waals surface area contributed by atoms with Crippen molar-refractivity contribution >= 4 is 5.91 Å². The van der Waals surface area contributed by atoms with E-state index in [9.17, 15) is 4.79 Å². The van der Waals surface area contributed by atoms with Crippen LogP contribution >= 0.6 is 0 Å². The molecule has 132 valence electrons. The Kier molecular flexibility index (Phi) is 6.13. The van der Waals surface area contributed by atoms with Gasteiger partial charge in [-0.15, -0.1) is 0 Å². The average molecular weight is 331 g/mol. The maximum Gasteiger partial charge on any atom is 0.231 e. The van der Waals surface area contributed by atoms with Gasteiger partial charge in [-0.25, -0.2) is 0 Å². The van der Waals surface area contributed by atoms with Gasteiger partial charge in [-0.3, -0.25) is 4.79 Å². The van der Waals surface area contributed by atoms with Crippen molar-refractivity contribution in [1.29, 1.82) is 0 Å². The Morgan fingerprint density at radius 2 is 2.00 bits per heavy atom. The van der Waals surface area contributed by atoms with Gasteiger partial charge in [-0.2, -0.15) is 0 Å². The van der Waals surface area contributed by atoms with Gasteiger partial charge in [-0.1, -0.05) is 25.0 Å². The molecule has 2 unspecified atom stereocenters. The molecule has 3 rings (SSSR count). The molecule has 4 heteroatoms. The Bertz CT molecular complexity index is 538. The average Bonchev–Trinajstić information content (AvgIpc) is 2.91. The summed E-state index contributed by atoms with van der Waals surface area (Å²) in [7, 11) is 1.71. The first-order valence-corrected chi connectivity index (χ1v) is 9.51. The van der Waals surface area contributed by atoms with E-state index in [1.165, 1.54) is 42.7 Å². The van der Waals surface area contributed by atoms with Crippen molar-refractivity contribution in [2.24, 2.45) is 5.92 Å². The lowest BCUT2D eigenvalue weighted by Crippen LogP contribution is -3.12. The fourth-order valence-electron chi connectivity index (χ4n) is 4.14. The molecule has 2 heterocycles. The zero-order valence-electron chi connectivity index (χ0n) is 14.9. The van der Waals surface area contributed by atoms with Crippen LogP contribution in [0.4, 0.5) is 0 Å². The molecule has 4 nitrogen and oxygen atoms in total. The maximum atomic E-state index is 12.9. The molecule has 1 aromatic carbocycles. The van der Waals surface area contributed by atoms with E-state index < -0.39 is 0 Å². The molecule has 0 aromatic heterocycles. The van der Waals surface area contributed by atoms with Crippen LogP contribution in [0.1, 0.15) is 44.1 Å². The number of amides is 1. The minimum absolute atomic E-state index is 0.220. The Morgan fingerprint density at radius 3 is 2.75 bits per heavy atom. The number of benzene rings is 1. The van der Waals surface area contributed by atoms with Gasteiger partial charge in [-0.05, 0) is 37.8 Å². The lowest BCUT2D eigenvalue weighted by molar-refractivity contribution is -0.921. The number of methoxy groups -OCH3 is 1. The van der Waals surface area contributed by atoms with Crippen LogP contribution in [0, 0.1) is 5.92 Å². The molecule has 0 saturated carbocycles. The van der Waals surface area contributed by atoms with E-state index in [1.807, 2.05) is 6.07 Å². The highest BCUT2D eigenvalue weighted by Gasteiger charge is 2.31. The number of rotatable bonds is 4. The van der Waals surface area contributed by atoms with Crippen LogP contribution in [0.5, 0.6) is 5.75 Å². The quantitative estimate of drug-likeness (QED) is 0.914. The number of carbonyl (C=O) groups excluding carboxylic acids is 1. The molecule has 1 N–H and O–H groups in total. The standard InChI is InChI=1S/C20H30N2O2/c1-24-19-10-6-8-17(14-19)15-21-11-7-9-18(16-21)20(23)22-12-4-2-3-5-13-22/h6,8,10,14,18H,2-5,7,9,11-13,15-16H2,1H3/p+1. The van der Waals surface area contributed by atoms with Crippen molar-refractivity contribution in [3.8, 4) is 5.75 Å². The van der Waals surface area contributed by atoms with Crippen LogP contribution in [-0.4, -0.2) is 44.1 Å². The number of ether oxygens (including phenoxy) is 1.